The van der Waals surface area contributed by atoms with Gasteiger partial charge >= 0.3 is 0 Å². The average molecular weight is 259 g/mol. The van der Waals surface area contributed by atoms with Crippen molar-refractivity contribution in [1.29, 1.82) is 0 Å². The predicted octanol–water partition coefficient (Wildman–Crippen LogP) is 1.06. The third-order valence-corrected chi connectivity index (χ3v) is 3.06. The summed E-state index contributed by atoms with van der Waals surface area (Å²) < 4.78 is 34.9. The molecule has 0 amide bonds. The van der Waals surface area contributed by atoms with Gasteiger partial charge in [-0.15, -0.1) is 0 Å². The Morgan fingerprint density at radius 3 is 2.35 bits per heavy atom. The molecule has 0 aromatic heterocycles. The highest BCUT2D eigenvalue weighted by Gasteiger charge is 2.12. The second-order valence-corrected chi connectivity index (χ2v) is 5.51. The summed E-state index contributed by atoms with van der Waals surface area (Å²) in [6, 6.07) is 3.57. The molecule has 17 heavy (non-hydrogen) atoms. The van der Waals surface area contributed by atoms with Crippen LogP contribution in [0.1, 0.15) is 11.1 Å². The fourth-order valence-electron chi connectivity index (χ4n) is 1.58. The van der Waals surface area contributed by atoms with E-state index in [2.05, 4.69) is 4.72 Å². The second kappa shape index (κ2) is 5.37. The van der Waals surface area contributed by atoms with Crippen molar-refractivity contribution < 1.29 is 17.9 Å². The molecule has 6 heteroatoms. The van der Waals surface area contributed by atoms with Crippen molar-refractivity contribution in [2.24, 2.45) is 0 Å². The largest absolute Gasteiger partial charge is 0.496 e. The topological polar surface area (TPSA) is 64.6 Å². The maximum absolute atomic E-state index is 11.0. The Labute approximate surface area is 102 Å². The Morgan fingerprint density at radius 2 is 1.88 bits per heavy atom. The van der Waals surface area contributed by atoms with Crippen LogP contribution in [-0.4, -0.2) is 28.9 Å². The van der Waals surface area contributed by atoms with Crippen LogP contribution in [0.2, 0.25) is 0 Å². The maximum Gasteiger partial charge on any atom is 0.209 e. The highest BCUT2D eigenvalue weighted by molar-refractivity contribution is 7.88. The molecular formula is C11H17NO4S. The van der Waals surface area contributed by atoms with Crippen LogP contribution in [0.3, 0.4) is 0 Å². The molecular weight excluding hydrogens is 242 g/mol. The number of benzene rings is 1. The second-order valence-electron chi connectivity index (χ2n) is 3.68. The third kappa shape index (κ3) is 3.61. The number of ether oxygens (including phenoxy) is 2. The Morgan fingerprint density at radius 1 is 1.24 bits per heavy atom. The highest BCUT2D eigenvalue weighted by atomic mass is 32.2. The SMILES string of the molecule is COc1ccc(CNS(C)(=O)=O)c(OC)c1C. The molecule has 1 rings (SSSR count). The van der Waals surface area contributed by atoms with E-state index in [1.54, 1.807) is 26.4 Å². The van der Waals surface area contributed by atoms with Crippen molar-refractivity contribution in [3.63, 3.8) is 0 Å². The van der Waals surface area contributed by atoms with Crippen molar-refractivity contribution in [3.8, 4) is 11.5 Å². The van der Waals surface area contributed by atoms with Crippen LogP contribution < -0.4 is 14.2 Å². The number of methoxy groups -OCH3 is 2. The summed E-state index contributed by atoms with van der Waals surface area (Å²) in [5.74, 6) is 1.35. The van der Waals surface area contributed by atoms with E-state index >= 15 is 0 Å². The smallest absolute Gasteiger partial charge is 0.209 e. The van der Waals surface area contributed by atoms with E-state index in [9.17, 15) is 8.42 Å². The lowest BCUT2D eigenvalue weighted by atomic mass is 10.1. The monoisotopic (exact) mass is 259 g/mol. The maximum atomic E-state index is 11.0. The molecule has 1 aromatic carbocycles. The first kappa shape index (κ1) is 13.8. The third-order valence-electron chi connectivity index (χ3n) is 2.39. The molecule has 0 aliphatic carbocycles. The van der Waals surface area contributed by atoms with Crippen molar-refractivity contribution in [2.75, 3.05) is 20.5 Å². The van der Waals surface area contributed by atoms with E-state index in [4.69, 9.17) is 9.47 Å². The van der Waals surface area contributed by atoms with Gasteiger partial charge in [-0.05, 0) is 13.0 Å². The fraction of sp³-hybridized carbons (Fsp3) is 0.455. The zero-order chi connectivity index (χ0) is 13.1. The predicted molar refractivity (Wildman–Crippen MR) is 66.0 cm³/mol. The van der Waals surface area contributed by atoms with Crippen LogP contribution >= 0.6 is 0 Å². The fourth-order valence-corrected chi connectivity index (χ4v) is 2.00. The summed E-state index contributed by atoms with van der Waals surface area (Å²) in [6.07, 6.45) is 1.12. The van der Waals surface area contributed by atoms with Crippen molar-refractivity contribution in [2.45, 2.75) is 13.5 Å². The van der Waals surface area contributed by atoms with Crippen molar-refractivity contribution in [3.05, 3.63) is 23.3 Å². The van der Waals surface area contributed by atoms with E-state index in [1.807, 2.05) is 6.92 Å². The summed E-state index contributed by atoms with van der Waals surface area (Å²) in [7, 11) is -0.0857. The Balaban J connectivity index is 3.04. The molecule has 0 radical (unpaired) electrons. The lowest BCUT2D eigenvalue weighted by Crippen LogP contribution is -2.21. The summed E-state index contributed by atoms with van der Waals surface area (Å²) in [4.78, 5) is 0. The van der Waals surface area contributed by atoms with Crippen LogP contribution in [0, 0.1) is 6.92 Å². The molecule has 0 unspecified atom stereocenters. The van der Waals surface area contributed by atoms with Crippen molar-refractivity contribution in [1.82, 2.24) is 4.72 Å². The summed E-state index contributed by atoms with van der Waals surface area (Å²) >= 11 is 0. The van der Waals surface area contributed by atoms with Gasteiger partial charge in [0, 0.05) is 17.7 Å². The summed E-state index contributed by atoms with van der Waals surface area (Å²) in [6.45, 7) is 2.06. The normalized spacial score (nSPS) is 11.3. The van der Waals surface area contributed by atoms with Gasteiger partial charge in [0.15, 0.2) is 0 Å². The van der Waals surface area contributed by atoms with Gasteiger partial charge in [-0.1, -0.05) is 6.07 Å². The first-order valence-corrected chi connectivity index (χ1v) is 6.93. The van der Waals surface area contributed by atoms with E-state index < -0.39 is 10.0 Å². The van der Waals surface area contributed by atoms with Gasteiger partial charge in [0.1, 0.15) is 11.5 Å². The van der Waals surface area contributed by atoms with Crippen LogP contribution in [-0.2, 0) is 16.6 Å². The van der Waals surface area contributed by atoms with Gasteiger partial charge in [-0.3, -0.25) is 0 Å². The minimum absolute atomic E-state index is 0.201. The molecule has 0 fully saturated rings. The molecule has 0 aliphatic heterocycles. The number of rotatable bonds is 5. The summed E-state index contributed by atoms with van der Waals surface area (Å²) in [5, 5.41) is 0. The quantitative estimate of drug-likeness (QED) is 0.858. The van der Waals surface area contributed by atoms with E-state index in [0.717, 1.165) is 17.4 Å². The number of hydrogen-bond acceptors (Lipinski definition) is 4. The van der Waals surface area contributed by atoms with Gasteiger partial charge in [-0.25, -0.2) is 13.1 Å². The lowest BCUT2D eigenvalue weighted by Gasteiger charge is -2.14. The lowest BCUT2D eigenvalue weighted by molar-refractivity contribution is 0.385. The number of nitrogens with one attached hydrogen (secondary N) is 1. The van der Waals surface area contributed by atoms with Crippen LogP contribution in [0.15, 0.2) is 12.1 Å². The first-order valence-electron chi connectivity index (χ1n) is 5.04. The van der Waals surface area contributed by atoms with Gasteiger partial charge in [0.05, 0.1) is 20.5 Å². The van der Waals surface area contributed by atoms with Gasteiger partial charge in [0.25, 0.3) is 0 Å². The Kier molecular flexibility index (Phi) is 4.36. The van der Waals surface area contributed by atoms with E-state index in [-0.39, 0.29) is 6.54 Å². The minimum atomic E-state index is -3.21. The minimum Gasteiger partial charge on any atom is -0.496 e. The zero-order valence-corrected chi connectivity index (χ0v) is 11.2. The Hall–Kier alpha value is -1.27. The Bertz CT molecular complexity index is 496. The standard InChI is InChI=1S/C11H17NO4S/c1-8-10(15-2)6-5-9(11(8)16-3)7-12-17(4,13)14/h5-6,12H,7H2,1-4H3. The number of sulfonamides is 1. The molecule has 5 nitrogen and oxygen atoms in total. The molecule has 96 valence electrons. The van der Waals surface area contributed by atoms with E-state index in [1.165, 1.54) is 0 Å². The molecule has 0 saturated heterocycles. The first-order chi connectivity index (χ1) is 7.89. The molecule has 1 N–H and O–H groups in total. The molecule has 1 aromatic rings. The van der Waals surface area contributed by atoms with E-state index in [0.29, 0.717) is 11.5 Å². The van der Waals surface area contributed by atoms with Gasteiger partial charge in [0.2, 0.25) is 10.0 Å². The van der Waals surface area contributed by atoms with Gasteiger partial charge < -0.3 is 9.47 Å². The van der Waals surface area contributed by atoms with Crippen LogP contribution in [0.5, 0.6) is 11.5 Å². The molecule has 0 bridgehead atoms. The number of hydrogen-bond donors (Lipinski definition) is 1. The molecule has 0 atom stereocenters. The molecule has 0 aliphatic rings. The zero-order valence-electron chi connectivity index (χ0n) is 10.4. The average Bonchev–Trinajstić information content (AvgIpc) is 2.25. The van der Waals surface area contributed by atoms with Crippen LogP contribution in [0.25, 0.3) is 0 Å². The van der Waals surface area contributed by atoms with Crippen LogP contribution in [0.4, 0.5) is 0 Å². The molecule has 0 spiro atoms. The van der Waals surface area contributed by atoms with Gasteiger partial charge in [-0.2, -0.15) is 0 Å². The summed E-state index contributed by atoms with van der Waals surface area (Å²) in [5.41, 5.74) is 1.62. The molecule has 0 heterocycles. The molecule has 0 saturated carbocycles. The highest BCUT2D eigenvalue weighted by Crippen LogP contribution is 2.31. The van der Waals surface area contributed by atoms with Crippen molar-refractivity contribution >= 4 is 10.0 Å².